The van der Waals surface area contributed by atoms with E-state index in [9.17, 15) is 5.11 Å². The summed E-state index contributed by atoms with van der Waals surface area (Å²) < 4.78 is 23.8. The Bertz CT molecular complexity index is 497. The van der Waals surface area contributed by atoms with Crippen LogP contribution in [0.5, 0.6) is 0 Å². The molecule has 5 nitrogen and oxygen atoms in total. The number of benzene rings is 1. The maximum atomic E-state index is 9.85. The van der Waals surface area contributed by atoms with Gasteiger partial charge >= 0.3 is 0 Å². The molecule has 5 heteroatoms. The number of hydrogen-bond acceptors (Lipinski definition) is 5. The molecule has 4 atom stereocenters. The van der Waals surface area contributed by atoms with E-state index in [1.54, 1.807) is 0 Å². The van der Waals surface area contributed by atoms with E-state index >= 15 is 0 Å². The zero-order chi connectivity index (χ0) is 15.8. The molecule has 0 bridgehead atoms. The lowest BCUT2D eigenvalue weighted by Crippen LogP contribution is -2.49. The Morgan fingerprint density at radius 2 is 1.86 bits per heavy atom. The summed E-state index contributed by atoms with van der Waals surface area (Å²) in [6.07, 6.45) is -0.563. The van der Waals surface area contributed by atoms with E-state index in [-0.39, 0.29) is 18.8 Å². The van der Waals surface area contributed by atoms with E-state index in [0.717, 1.165) is 5.56 Å². The lowest BCUT2D eigenvalue weighted by molar-refractivity contribution is -0.252. The highest BCUT2D eigenvalue weighted by Gasteiger charge is 2.61. The smallest absolute Gasteiger partial charge is 0.190 e. The van der Waals surface area contributed by atoms with Gasteiger partial charge < -0.3 is 24.1 Å². The van der Waals surface area contributed by atoms with Crippen molar-refractivity contribution in [3.05, 3.63) is 35.9 Å². The summed E-state index contributed by atoms with van der Waals surface area (Å²) in [5.74, 6) is -0.695. The molecule has 2 aliphatic rings. The minimum Gasteiger partial charge on any atom is -0.393 e. The highest BCUT2D eigenvalue weighted by molar-refractivity contribution is 5.14. The van der Waals surface area contributed by atoms with Gasteiger partial charge in [0.2, 0.25) is 0 Å². The lowest BCUT2D eigenvalue weighted by atomic mass is 9.93. The largest absolute Gasteiger partial charge is 0.393 e. The molecule has 0 aliphatic carbocycles. The molecule has 1 aromatic carbocycles. The third kappa shape index (κ3) is 2.79. The zero-order valence-electron chi connectivity index (χ0n) is 13.3. The SMILES string of the molecule is CCC1(CO)OC2OC(C)(C)OC2C1OCc1ccccc1. The Balaban J connectivity index is 1.77. The van der Waals surface area contributed by atoms with E-state index < -0.39 is 17.7 Å². The first-order valence-electron chi connectivity index (χ1n) is 7.79. The van der Waals surface area contributed by atoms with E-state index in [0.29, 0.717) is 13.0 Å². The van der Waals surface area contributed by atoms with Crippen LogP contribution in [0, 0.1) is 0 Å². The van der Waals surface area contributed by atoms with Gasteiger partial charge in [-0.3, -0.25) is 0 Å². The summed E-state index contributed by atoms with van der Waals surface area (Å²) in [4.78, 5) is 0. The van der Waals surface area contributed by atoms with Crippen molar-refractivity contribution in [1.29, 1.82) is 0 Å². The van der Waals surface area contributed by atoms with Gasteiger partial charge in [-0.2, -0.15) is 0 Å². The van der Waals surface area contributed by atoms with Crippen molar-refractivity contribution in [2.24, 2.45) is 0 Å². The van der Waals surface area contributed by atoms with Gasteiger partial charge in [0.1, 0.15) is 17.8 Å². The Morgan fingerprint density at radius 3 is 2.50 bits per heavy atom. The van der Waals surface area contributed by atoms with E-state index in [1.165, 1.54) is 0 Å². The van der Waals surface area contributed by atoms with Crippen molar-refractivity contribution in [3.63, 3.8) is 0 Å². The molecule has 2 heterocycles. The van der Waals surface area contributed by atoms with Crippen molar-refractivity contribution in [3.8, 4) is 0 Å². The van der Waals surface area contributed by atoms with Gasteiger partial charge in [-0.1, -0.05) is 37.3 Å². The monoisotopic (exact) mass is 308 g/mol. The van der Waals surface area contributed by atoms with Crippen LogP contribution in [-0.4, -0.2) is 41.6 Å². The van der Waals surface area contributed by atoms with Gasteiger partial charge in [-0.15, -0.1) is 0 Å². The Morgan fingerprint density at radius 1 is 1.14 bits per heavy atom. The fourth-order valence-electron chi connectivity index (χ4n) is 3.18. The Labute approximate surface area is 131 Å². The summed E-state index contributed by atoms with van der Waals surface area (Å²) in [6, 6.07) is 9.94. The maximum Gasteiger partial charge on any atom is 0.190 e. The van der Waals surface area contributed by atoms with Gasteiger partial charge in [0.05, 0.1) is 13.2 Å². The van der Waals surface area contributed by atoms with E-state index in [2.05, 4.69) is 0 Å². The lowest BCUT2D eigenvalue weighted by Gasteiger charge is -2.34. The highest BCUT2D eigenvalue weighted by atomic mass is 16.8. The molecule has 0 amide bonds. The quantitative estimate of drug-likeness (QED) is 0.904. The van der Waals surface area contributed by atoms with Gasteiger partial charge in [0.15, 0.2) is 12.1 Å². The summed E-state index contributed by atoms with van der Waals surface area (Å²) in [5, 5.41) is 9.85. The third-order valence-electron chi connectivity index (χ3n) is 4.39. The molecule has 0 saturated carbocycles. The summed E-state index contributed by atoms with van der Waals surface area (Å²) in [7, 11) is 0. The molecule has 22 heavy (non-hydrogen) atoms. The Hall–Kier alpha value is -0.980. The summed E-state index contributed by atoms with van der Waals surface area (Å²) in [6.45, 7) is 6.01. The van der Waals surface area contributed by atoms with E-state index in [4.69, 9.17) is 18.9 Å². The molecule has 4 unspecified atom stereocenters. The van der Waals surface area contributed by atoms with Crippen LogP contribution >= 0.6 is 0 Å². The molecule has 122 valence electrons. The fraction of sp³-hybridized carbons (Fsp3) is 0.647. The Kier molecular flexibility index (Phi) is 4.27. The predicted octanol–water partition coefficient (Wildman–Crippen LogP) is 2.22. The fourth-order valence-corrected chi connectivity index (χ4v) is 3.18. The van der Waals surface area contributed by atoms with E-state index in [1.807, 2.05) is 51.1 Å². The maximum absolute atomic E-state index is 9.85. The summed E-state index contributed by atoms with van der Waals surface area (Å²) >= 11 is 0. The first-order valence-corrected chi connectivity index (χ1v) is 7.79. The van der Waals surface area contributed by atoms with Crippen molar-refractivity contribution in [1.82, 2.24) is 0 Å². The first kappa shape index (κ1) is 15.9. The molecule has 0 radical (unpaired) electrons. The molecule has 0 spiro atoms. The second-order valence-corrected chi connectivity index (χ2v) is 6.38. The number of hydrogen-bond donors (Lipinski definition) is 1. The van der Waals surface area contributed by atoms with Crippen LogP contribution in [0.1, 0.15) is 32.8 Å². The molecular formula is C17H24O5. The van der Waals surface area contributed by atoms with Crippen LogP contribution in [-0.2, 0) is 25.6 Å². The second kappa shape index (κ2) is 5.91. The van der Waals surface area contributed by atoms with Gasteiger partial charge in [0.25, 0.3) is 0 Å². The summed E-state index contributed by atoms with van der Waals surface area (Å²) in [5.41, 5.74) is 0.299. The third-order valence-corrected chi connectivity index (χ3v) is 4.39. The molecule has 3 rings (SSSR count). The van der Waals surface area contributed by atoms with Gasteiger partial charge in [0, 0.05) is 0 Å². The standard InChI is InChI=1S/C17H24O5/c1-4-17(11-18)14(19-10-12-8-6-5-7-9-12)13-15(22-17)21-16(2,3)20-13/h5-9,13-15,18H,4,10-11H2,1-3H3. The average molecular weight is 308 g/mol. The highest BCUT2D eigenvalue weighted by Crippen LogP contribution is 2.45. The average Bonchev–Trinajstić information content (AvgIpc) is 2.95. The number of ether oxygens (including phenoxy) is 4. The molecule has 2 aliphatic heterocycles. The van der Waals surface area contributed by atoms with Crippen LogP contribution in [0.3, 0.4) is 0 Å². The van der Waals surface area contributed by atoms with Crippen LogP contribution in [0.4, 0.5) is 0 Å². The second-order valence-electron chi connectivity index (χ2n) is 6.38. The minimum atomic E-state index is -0.777. The van der Waals surface area contributed by atoms with Crippen LogP contribution in [0.15, 0.2) is 30.3 Å². The number of aliphatic hydroxyl groups is 1. The topological polar surface area (TPSA) is 57.2 Å². The molecule has 1 aromatic rings. The van der Waals surface area contributed by atoms with Crippen LogP contribution in [0.2, 0.25) is 0 Å². The van der Waals surface area contributed by atoms with Gasteiger partial charge in [-0.05, 0) is 25.8 Å². The number of aliphatic hydroxyl groups excluding tert-OH is 1. The number of rotatable bonds is 5. The first-order chi connectivity index (χ1) is 10.5. The normalized spacial score (nSPS) is 36.5. The van der Waals surface area contributed by atoms with Crippen molar-refractivity contribution < 1.29 is 24.1 Å². The van der Waals surface area contributed by atoms with Gasteiger partial charge in [-0.25, -0.2) is 0 Å². The number of fused-ring (bicyclic) bond motifs is 1. The zero-order valence-corrected chi connectivity index (χ0v) is 13.3. The molecule has 0 aromatic heterocycles. The van der Waals surface area contributed by atoms with Crippen molar-refractivity contribution in [2.75, 3.05) is 6.61 Å². The molecule has 2 saturated heterocycles. The molecule has 2 fully saturated rings. The van der Waals surface area contributed by atoms with Crippen molar-refractivity contribution in [2.45, 2.75) is 63.7 Å². The molecule has 1 N–H and O–H groups in total. The molecular weight excluding hydrogens is 284 g/mol. The van der Waals surface area contributed by atoms with Crippen LogP contribution < -0.4 is 0 Å². The van der Waals surface area contributed by atoms with Crippen LogP contribution in [0.25, 0.3) is 0 Å². The minimum absolute atomic E-state index is 0.122. The predicted molar refractivity (Wildman–Crippen MR) is 80.0 cm³/mol. The van der Waals surface area contributed by atoms with Crippen molar-refractivity contribution >= 4 is 0 Å².